The molecule has 1 N–H and O–H groups in total. The first kappa shape index (κ1) is 16.3. The zero-order chi connectivity index (χ0) is 17.6. The molecule has 0 amide bonds. The highest BCUT2D eigenvalue weighted by molar-refractivity contribution is 5.34. The summed E-state index contributed by atoms with van der Waals surface area (Å²) in [4.78, 5) is 6.49. The molecule has 2 aliphatic rings. The highest BCUT2D eigenvalue weighted by Crippen LogP contribution is 2.41. The number of aliphatic hydroxyl groups is 1. The van der Waals surface area contributed by atoms with Crippen LogP contribution < -0.4 is 0 Å². The van der Waals surface area contributed by atoms with Crippen molar-refractivity contribution in [3.05, 3.63) is 35.7 Å². The molecule has 2 fully saturated rings. The van der Waals surface area contributed by atoms with E-state index in [1.54, 1.807) is 6.33 Å². The summed E-state index contributed by atoms with van der Waals surface area (Å²) < 4.78 is 3.77. The molecule has 25 heavy (non-hydrogen) atoms. The number of nitriles is 1. The van der Waals surface area contributed by atoms with Gasteiger partial charge in [-0.1, -0.05) is 0 Å². The number of hydrogen-bond acceptors (Lipinski definition) is 5. The van der Waals surface area contributed by atoms with E-state index in [9.17, 15) is 10.4 Å². The second kappa shape index (κ2) is 6.28. The summed E-state index contributed by atoms with van der Waals surface area (Å²) in [6.45, 7) is 5.00. The lowest BCUT2D eigenvalue weighted by Gasteiger charge is -2.35. The minimum Gasteiger partial charge on any atom is -0.391 e. The van der Waals surface area contributed by atoms with Gasteiger partial charge in [-0.3, -0.25) is 4.90 Å². The minimum absolute atomic E-state index is 0.0346. The monoisotopic (exact) mass is 340 g/mol. The summed E-state index contributed by atoms with van der Waals surface area (Å²) in [7, 11) is 1.94. The number of likely N-dealkylation sites (tertiary alicyclic amines) is 1. The van der Waals surface area contributed by atoms with Gasteiger partial charge in [0.15, 0.2) is 0 Å². The lowest BCUT2D eigenvalue weighted by atomic mass is 9.77. The number of nitrogens with zero attached hydrogens (tertiary/aromatic N) is 6. The molecule has 4 atom stereocenters. The van der Waals surface area contributed by atoms with Gasteiger partial charge in [-0.25, -0.2) is 9.67 Å². The molecule has 2 aromatic heterocycles. The van der Waals surface area contributed by atoms with Crippen LogP contribution >= 0.6 is 0 Å². The Labute approximate surface area is 147 Å². The molecule has 7 nitrogen and oxygen atoms in total. The van der Waals surface area contributed by atoms with E-state index in [-0.39, 0.29) is 12.1 Å². The molecule has 132 valence electrons. The minimum atomic E-state index is -0.355. The van der Waals surface area contributed by atoms with E-state index in [1.165, 1.54) is 11.9 Å². The van der Waals surface area contributed by atoms with Crippen LogP contribution in [0.5, 0.6) is 0 Å². The fourth-order valence-electron chi connectivity index (χ4n) is 4.58. The number of aromatic nitrogens is 4. The summed E-state index contributed by atoms with van der Waals surface area (Å²) in [6.07, 6.45) is 4.65. The van der Waals surface area contributed by atoms with Gasteiger partial charge < -0.3 is 9.67 Å². The van der Waals surface area contributed by atoms with E-state index in [0.717, 1.165) is 38.2 Å². The zero-order valence-electron chi connectivity index (χ0n) is 14.7. The highest BCUT2D eigenvalue weighted by Gasteiger charge is 2.42. The van der Waals surface area contributed by atoms with Gasteiger partial charge in [0.1, 0.15) is 24.4 Å². The van der Waals surface area contributed by atoms with Crippen molar-refractivity contribution in [3.63, 3.8) is 0 Å². The van der Waals surface area contributed by atoms with Crippen LogP contribution in [0.3, 0.4) is 0 Å². The first-order valence-corrected chi connectivity index (χ1v) is 8.86. The number of aliphatic hydroxyl groups excluding tert-OH is 1. The molecule has 0 spiro atoms. The molecule has 3 heterocycles. The molecule has 1 saturated carbocycles. The van der Waals surface area contributed by atoms with Crippen LogP contribution in [-0.4, -0.2) is 48.5 Å². The van der Waals surface area contributed by atoms with Gasteiger partial charge in [0.05, 0.1) is 12.1 Å². The number of hydrogen-bond donors (Lipinski definition) is 1. The Kier molecular flexibility index (Phi) is 4.10. The van der Waals surface area contributed by atoms with E-state index in [2.05, 4.69) is 28.0 Å². The zero-order valence-corrected chi connectivity index (χ0v) is 14.7. The third kappa shape index (κ3) is 2.86. The van der Waals surface area contributed by atoms with Crippen LogP contribution in [0.2, 0.25) is 0 Å². The van der Waals surface area contributed by atoms with Gasteiger partial charge in [0, 0.05) is 32.4 Å². The standard InChI is InChI=1S/C18H24N6O/c1-12-13(3-16(6-19)22(12)2)7-23-8-14-4-17(24-11-20-10-21-24)18(25)5-15(14)9-23/h3,10-11,14-15,17-18,25H,4-5,7-9H2,1-2H3/t14-,15+,17-,18-/m1/s1. The Morgan fingerprint density at radius 1 is 1.32 bits per heavy atom. The molecule has 1 saturated heterocycles. The largest absolute Gasteiger partial charge is 0.391 e. The molecule has 0 radical (unpaired) electrons. The topological polar surface area (TPSA) is 82.9 Å². The van der Waals surface area contributed by atoms with Crippen molar-refractivity contribution in [2.24, 2.45) is 18.9 Å². The Morgan fingerprint density at radius 3 is 2.72 bits per heavy atom. The Hall–Kier alpha value is -2.17. The average Bonchev–Trinajstić information content (AvgIpc) is 3.30. The molecule has 2 aromatic rings. The van der Waals surface area contributed by atoms with Gasteiger partial charge in [-0.05, 0) is 43.2 Å². The van der Waals surface area contributed by atoms with E-state index < -0.39 is 0 Å². The second-order valence-corrected chi connectivity index (χ2v) is 7.51. The smallest absolute Gasteiger partial charge is 0.137 e. The average molecular weight is 340 g/mol. The van der Waals surface area contributed by atoms with Crippen molar-refractivity contribution in [2.45, 2.75) is 38.5 Å². The van der Waals surface area contributed by atoms with Crippen molar-refractivity contribution < 1.29 is 5.11 Å². The molecular weight excluding hydrogens is 316 g/mol. The third-order valence-electron chi connectivity index (χ3n) is 6.11. The quantitative estimate of drug-likeness (QED) is 0.909. The second-order valence-electron chi connectivity index (χ2n) is 7.51. The molecule has 1 aliphatic heterocycles. The van der Waals surface area contributed by atoms with Gasteiger partial charge in [0.2, 0.25) is 0 Å². The molecule has 0 unspecified atom stereocenters. The molecule has 4 rings (SSSR count). The number of rotatable bonds is 3. The maximum absolute atomic E-state index is 10.5. The maximum Gasteiger partial charge on any atom is 0.137 e. The Bertz CT molecular complexity index is 789. The predicted molar refractivity (Wildman–Crippen MR) is 91.4 cm³/mol. The molecule has 0 bridgehead atoms. The van der Waals surface area contributed by atoms with Gasteiger partial charge in [-0.15, -0.1) is 0 Å². The summed E-state index contributed by atoms with van der Waals surface area (Å²) in [6, 6.07) is 4.29. The van der Waals surface area contributed by atoms with Crippen LogP contribution in [0, 0.1) is 30.1 Å². The number of fused-ring (bicyclic) bond motifs is 1. The van der Waals surface area contributed by atoms with Crippen molar-refractivity contribution in [3.8, 4) is 6.07 Å². The predicted octanol–water partition coefficient (Wildman–Crippen LogP) is 1.24. The fraction of sp³-hybridized carbons (Fsp3) is 0.611. The van der Waals surface area contributed by atoms with E-state index in [1.807, 2.05) is 22.4 Å². The maximum atomic E-state index is 10.5. The molecule has 0 aromatic carbocycles. The SMILES string of the molecule is Cc1c(CN2C[C@H]3C[C@@H](n4cncn4)[C@H](O)C[C@H]3C2)cc(C#N)n1C. The van der Waals surface area contributed by atoms with Crippen LogP contribution in [-0.2, 0) is 13.6 Å². The van der Waals surface area contributed by atoms with Crippen molar-refractivity contribution >= 4 is 0 Å². The Morgan fingerprint density at radius 2 is 2.08 bits per heavy atom. The van der Waals surface area contributed by atoms with Crippen LogP contribution in [0.1, 0.15) is 35.8 Å². The van der Waals surface area contributed by atoms with Crippen LogP contribution in [0.4, 0.5) is 0 Å². The lowest BCUT2D eigenvalue weighted by Crippen LogP contribution is -2.36. The summed E-state index contributed by atoms with van der Waals surface area (Å²) in [5, 5.41) is 24.0. The first-order valence-electron chi connectivity index (χ1n) is 8.86. The van der Waals surface area contributed by atoms with Gasteiger partial charge >= 0.3 is 0 Å². The summed E-state index contributed by atoms with van der Waals surface area (Å²) in [5.74, 6) is 1.12. The van der Waals surface area contributed by atoms with E-state index >= 15 is 0 Å². The first-order chi connectivity index (χ1) is 12.1. The highest BCUT2D eigenvalue weighted by atomic mass is 16.3. The molecule has 1 aliphatic carbocycles. The normalized spacial score (nSPS) is 29.5. The fourth-order valence-corrected chi connectivity index (χ4v) is 4.58. The van der Waals surface area contributed by atoms with Crippen molar-refractivity contribution in [2.75, 3.05) is 13.1 Å². The summed E-state index contributed by atoms with van der Waals surface area (Å²) >= 11 is 0. The molecule has 7 heteroatoms. The van der Waals surface area contributed by atoms with Crippen LogP contribution in [0.15, 0.2) is 18.7 Å². The Balaban J connectivity index is 1.46. The third-order valence-corrected chi connectivity index (χ3v) is 6.11. The van der Waals surface area contributed by atoms with Gasteiger partial charge in [0.25, 0.3) is 0 Å². The lowest BCUT2D eigenvalue weighted by molar-refractivity contribution is 0.0304. The van der Waals surface area contributed by atoms with E-state index in [0.29, 0.717) is 17.5 Å². The molecular formula is C18H24N6O. The van der Waals surface area contributed by atoms with Crippen LogP contribution in [0.25, 0.3) is 0 Å². The van der Waals surface area contributed by atoms with Crippen molar-refractivity contribution in [1.29, 1.82) is 5.26 Å². The van der Waals surface area contributed by atoms with Gasteiger partial charge in [-0.2, -0.15) is 10.4 Å². The van der Waals surface area contributed by atoms with E-state index in [4.69, 9.17) is 0 Å². The van der Waals surface area contributed by atoms with Crippen molar-refractivity contribution in [1.82, 2.24) is 24.2 Å². The summed E-state index contributed by atoms with van der Waals surface area (Å²) in [5.41, 5.74) is 3.10.